The Morgan fingerprint density at radius 1 is 1.46 bits per heavy atom. The average Bonchev–Trinajstić information content (AvgIpc) is 2.85. The molecule has 1 saturated carbocycles. The van der Waals surface area contributed by atoms with Crippen LogP contribution in [-0.2, 0) is 11.1 Å². The first-order chi connectivity index (χ1) is 6.18. The van der Waals surface area contributed by atoms with Crippen LogP contribution in [0.15, 0.2) is 23.1 Å². The van der Waals surface area contributed by atoms with E-state index in [1.807, 2.05) is 0 Å². The van der Waals surface area contributed by atoms with Gasteiger partial charge in [0, 0.05) is 0 Å². The molecule has 1 aromatic rings. The summed E-state index contributed by atoms with van der Waals surface area (Å²) in [7, 11) is 0. The molecule has 1 unspecified atom stereocenters. The third kappa shape index (κ3) is 1.78. The minimum atomic E-state index is -2.22. The Kier molecular flexibility index (Phi) is 2.17. The maximum Gasteiger partial charge on any atom is 0.189 e. The van der Waals surface area contributed by atoms with Crippen LogP contribution in [0, 0.1) is 5.82 Å². The molecule has 4 heteroatoms. The smallest absolute Gasteiger partial charge is 0.189 e. The van der Waals surface area contributed by atoms with Crippen LogP contribution in [0.4, 0.5) is 4.39 Å². The van der Waals surface area contributed by atoms with Gasteiger partial charge in [-0.15, -0.1) is 0 Å². The Balaban J connectivity index is 2.36. The monoisotopic (exact) mass is 200 g/mol. The SMILES string of the molecule is O=S(O)c1ccc(C2CC2)cc1F. The van der Waals surface area contributed by atoms with Gasteiger partial charge in [-0.05, 0) is 36.5 Å². The van der Waals surface area contributed by atoms with Gasteiger partial charge in [-0.1, -0.05) is 6.07 Å². The normalized spacial score (nSPS) is 18.6. The molecule has 1 N–H and O–H groups in total. The van der Waals surface area contributed by atoms with Gasteiger partial charge < -0.3 is 4.55 Å². The lowest BCUT2D eigenvalue weighted by Gasteiger charge is -2.01. The third-order valence-electron chi connectivity index (χ3n) is 2.19. The summed E-state index contributed by atoms with van der Waals surface area (Å²) >= 11 is -2.22. The van der Waals surface area contributed by atoms with E-state index >= 15 is 0 Å². The Bertz CT molecular complexity index is 361. The van der Waals surface area contributed by atoms with Crippen molar-refractivity contribution in [3.05, 3.63) is 29.6 Å². The van der Waals surface area contributed by atoms with Crippen LogP contribution in [0.5, 0.6) is 0 Å². The summed E-state index contributed by atoms with van der Waals surface area (Å²) in [4.78, 5) is -0.135. The number of benzene rings is 1. The molecule has 0 heterocycles. The van der Waals surface area contributed by atoms with Crippen LogP contribution in [0.3, 0.4) is 0 Å². The van der Waals surface area contributed by atoms with E-state index < -0.39 is 16.9 Å². The third-order valence-corrected chi connectivity index (χ3v) is 2.90. The zero-order valence-corrected chi connectivity index (χ0v) is 7.68. The van der Waals surface area contributed by atoms with Crippen molar-refractivity contribution in [2.75, 3.05) is 0 Å². The lowest BCUT2D eigenvalue weighted by atomic mass is 10.1. The van der Waals surface area contributed by atoms with Gasteiger partial charge in [0.05, 0.1) is 0 Å². The molecule has 70 valence electrons. The molecule has 13 heavy (non-hydrogen) atoms. The van der Waals surface area contributed by atoms with E-state index in [2.05, 4.69) is 0 Å². The maximum atomic E-state index is 13.1. The summed E-state index contributed by atoms with van der Waals surface area (Å²) in [5.74, 6) is -0.110. The molecule has 2 nitrogen and oxygen atoms in total. The molecule has 0 amide bonds. The van der Waals surface area contributed by atoms with E-state index in [1.165, 1.54) is 12.1 Å². The van der Waals surface area contributed by atoms with Crippen molar-refractivity contribution < 1.29 is 13.2 Å². The molecule has 0 aromatic heterocycles. The first-order valence-corrected chi connectivity index (χ1v) is 5.19. The first-order valence-electron chi connectivity index (χ1n) is 4.09. The molecule has 1 atom stereocenters. The van der Waals surface area contributed by atoms with Crippen molar-refractivity contribution in [3.8, 4) is 0 Å². The second-order valence-electron chi connectivity index (χ2n) is 3.21. The lowest BCUT2D eigenvalue weighted by molar-refractivity contribution is 0.543. The Morgan fingerprint density at radius 3 is 2.62 bits per heavy atom. The van der Waals surface area contributed by atoms with Gasteiger partial charge >= 0.3 is 0 Å². The maximum absolute atomic E-state index is 13.1. The minimum Gasteiger partial charge on any atom is -0.302 e. The zero-order chi connectivity index (χ0) is 9.42. The second kappa shape index (κ2) is 3.20. The number of hydrogen-bond donors (Lipinski definition) is 1. The summed E-state index contributed by atoms with van der Waals surface area (Å²) < 4.78 is 32.4. The van der Waals surface area contributed by atoms with Gasteiger partial charge in [0.1, 0.15) is 10.7 Å². The molecule has 0 spiro atoms. The Morgan fingerprint density at radius 2 is 2.15 bits per heavy atom. The lowest BCUT2D eigenvalue weighted by Crippen LogP contribution is -1.94. The standard InChI is InChI=1S/C9H9FO2S/c10-8-5-7(6-1-2-6)3-4-9(8)13(11)12/h3-6H,1-2H2,(H,11,12). The van der Waals surface area contributed by atoms with Crippen LogP contribution < -0.4 is 0 Å². The fraction of sp³-hybridized carbons (Fsp3) is 0.333. The topological polar surface area (TPSA) is 37.3 Å². The predicted octanol–water partition coefficient (Wildman–Crippen LogP) is 2.28. The van der Waals surface area contributed by atoms with Gasteiger partial charge in [0.25, 0.3) is 0 Å². The van der Waals surface area contributed by atoms with Crippen molar-refractivity contribution in [3.63, 3.8) is 0 Å². The summed E-state index contributed by atoms with van der Waals surface area (Å²) in [5, 5.41) is 0. The fourth-order valence-electron chi connectivity index (χ4n) is 1.33. The highest BCUT2D eigenvalue weighted by atomic mass is 32.2. The fourth-order valence-corrected chi connectivity index (χ4v) is 1.74. The largest absolute Gasteiger partial charge is 0.302 e. The second-order valence-corrected chi connectivity index (χ2v) is 4.15. The quantitative estimate of drug-likeness (QED) is 0.744. The van der Waals surface area contributed by atoms with Crippen molar-refractivity contribution in [1.82, 2.24) is 0 Å². The van der Waals surface area contributed by atoms with Gasteiger partial charge in [-0.3, -0.25) is 0 Å². The molecule has 2 rings (SSSR count). The van der Waals surface area contributed by atoms with E-state index in [4.69, 9.17) is 4.55 Å². The van der Waals surface area contributed by atoms with Gasteiger partial charge in [-0.2, -0.15) is 0 Å². The van der Waals surface area contributed by atoms with Crippen LogP contribution in [0.2, 0.25) is 0 Å². The molecule has 1 aromatic carbocycles. The highest BCUT2D eigenvalue weighted by Gasteiger charge is 2.24. The molecular weight excluding hydrogens is 191 g/mol. The summed E-state index contributed by atoms with van der Waals surface area (Å²) in [5.41, 5.74) is 0.937. The Labute approximate surface area is 78.1 Å². The highest BCUT2D eigenvalue weighted by Crippen LogP contribution is 2.40. The number of halogens is 1. The van der Waals surface area contributed by atoms with Crippen LogP contribution in [0.25, 0.3) is 0 Å². The van der Waals surface area contributed by atoms with Crippen LogP contribution in [0.1, 0.15) is 24.3 Å². The summed E-state index contributed by atoms with van der Waals surface area (Å²) in [6.07, 6.45) is 2.20. The summed E-state index contributed by atoms with van der Waals surface area (Å²) in [6.45, 7) is 0. The van der Waals surface area contributed by atoms with Crippen LogP contribution in [-0.4, -0.2) is 8.76 Å². The van der Waals surface area contributed by atoms with Crippen LogP contribution >= 0.6 is 0 Å². The van der Waals surface area contributed by atoms with E-state index in [9.17, 15) is 8.60 Å². The molecule has 1 aliphatic rings. The van der Waals surface area contributed by atoms with Crippen molar-refractivity contribution >= 4 is 11.1 Å². The molecular formula is C9H9FO2S. The molecule has 0 bridgehead atoms. The van der Waals surface area contributed by atoms with E-state index in [0.717, 1.165) is 18.4 Å². The van der Waals surface area contributed by atoms with Crippen molar-refractivity contribution in [2.24, 2.45) is 0 Å². The highest BCUT2D eigenvalue weighted by molar-refractivity contribution is 7.79. The first kappa shape index (κ1) is 8.84. The minimum absolute atomic E-state index is 0.135. The molecule has 0 aliphatic heterocycles. The molecule has 1 fully saturated rings. The van der Waals surface area contributed by atoms with Gasteiger partial charge in [-0.25, -0.2) is 8.60 Å². The Hall–Kier alpha value is -0.740. The molecule has 0 saturated heterocycles. The van der Waals surface area contributed by atoms with Gasteiger partial charge in [0.2, 0.25) is 0 Å². The number of rotatable bonds is 2. The van der Waals surface area contributed by atoms with Gasteiger partial charge in [0.15, 0.2) is 11.1 Å². The molecule has 0 radical (unpaired) electrons. The summed E-state index contributed by atoms with van der Waals surface area (Å²) in [6, 6.07) is 4.48. The number of hydrogen-bond acceptors (Lipinski definition) is 1. The van der Waals surface area contributed by atoms with Crippen molar-refractivity contribution in [1.29, 1.82) is 0 Å². The van der Waals surface area contributed by atoms with E-state index in [1.54, 1.807) is 6.07 Å². The average molecular weight is 200 g/mol. The van der Waals surface area contributed by atoms with Crippen molar-refractivity contribution in [2.45, 2.75) is 23.7 Å². The van der Waals surface area contributed by atoms with E-state index in [-0.39, 0.29) is 4.90 Å². The van der Waals surface area contributed by atoms with E-state index in [0.29, 0.717) is 5.92 Å². The molecule has 1 aliphatic carbocycles. The predicted molar refractivity (Wildman–Crippen MR) is 47.4 cm³/mol. The zero-order valence-electron chi connectivity index (χ0n) is 6.87.